The summed E-state index contributed by atoms with van der Waals surface area (Å²) in [5, 5.41) is 10.2. The van der Waals surface area contributed by atoms with Crippen LogP contribution in [0.25, 0.3) is 0 Å². The number of amides is 1. The maximum atomic E-state index is 13.0. The SMILES string of the molecule is [2H]c1c([2H])c2c(c([2H])c1O)C1CCC(CC1)OCC1[C@@H](NS(C)(=O)=O)CCN1C(=O)CO2. The first kappa shape index (κ1) is 16.9. The van der Waals surface area contributed by atoms with Gasteiger partial charge in [0, 0.05) is 18.2 Å². The van der Waals surface area contributed by atoms with Crippen LogP contribution in [-0.2, 0) is 19.6 Å². The van der Waals surface area contributed by atoms with Crippen LogP contribution in [0.3, 0.4) is 0 Å². The maximum Gasteiger partial charge on any atom is 0.260 e. The second kappa shape index (κ2) is 8.12. The van der Waals surface area contributed by atoms with Crippen molar-refractivity contribution in [2.45, 2.75) is 56.2 Å². The average Bonchev–Trinajstić information content (AvgIpc) is 3.13. The molecule has 1 aliphatic carbocycles. The Hall–Kier alpha value is -1.84. The number of nitrogens with zero attached hydrogens (tertiary/aromatic N) is 1. The van der Waals surface area contributed by atoms with Gasteiger partial charge >= 0.3 is 0 Å². The number of hydrogen-bond acceptors (Lipinski definition) is 6. The number of hydrogen-bond donors (Lipinski definition) is 2. The maximum absolute atomic E-state index is 13.0. The van der Waals surface area contributed by atoms with E-state index in [-0.39, 0.29) is 42.4 Å². The Morgan fingerprint density at radius 3 is 2.72 bits per heavy atom. The van der Waals surface area contributed by atoms with Gasteiger partial charge in [0.15, 0.2) is 6.61 Å². The van der Waals surface area contributed by atoms with Gasteiger partial charge in [-0.05, 0) is 56.1 Å². The molecule has 8 nitrogen and oxygen atoms in total. The second-order valence-electron chi connectivity index (χ2n) is 8.00. The summed E-state index contributed by atoms with van der Waals surface area (Å²) in [6.07, 6.45) is 4.13. The molecule has 1 aromatic carbocycles. The van der Waals surface area contributed by atoms with E-state index >= 15 is 0 Å². The number of carbonyl (C=O) groups is 1. The average molecular weight is 428 g/mol. The monoisotopic (exact) mass is 427 g/mol. The van der Waals surface area contributed by atoms with Crippen LogP contribution in [-0.4, -0.2) is 68.5 Å². The van der Waals surface area contributed by atoms with Crippen molar-refractivity contribution < 1.29 is 31.9 Å². The number of phenolic OH excluding ortho intramolecular Hbond substituents is 1. The number of benzene rings is 1. The predicted molar refractivity (Wildman–Crippen MR) is 106 cm³/mol. The molecule has 1 saturated heterocycles. The van der Waals surface area contributed by atoms with Crippen molar-refractivity contribution in [1.82, 2.24) is 9.62 Å². The molecule has 1 amide bonds. The molecule has 1 aromatic rings. The second-order valence-corrected chi connectivity index (χ2v) is 9.78. The molecule has 29 heavy (non-hydrogen) atoms. The van der Waals surface area contributed by atoms with Crippen LogP contribution >= 0.6 is 0 Å². The summed E-state index contributed by atoms with van der Waals surface area (Å²) in [6, 6.07) is -2.02. The number of fused-ring (bicyclic) bond motifs is 5. The van der Waals surface area contributed by atoms with E-state index in [0.717, 1.165) is 6.26 Å². The van der Waals surface area contributed by atoms with Crippen molar-refractivity contribution in [2.75, 3.05) is 26.0 Å². The summed E-state index contributed by atoms with van der Waals surface area (Å²) in [6.45, 7) is 0.118. The van der Waals surface area contributed by atoms with Crippen LogP contribution < -0.4 is 9.46 Å². The number of rotatable bonds is 2. The molecule has 9 heteroatoms. The van der Waals surface area contributed by atoms with E-state index in [1.807, 2.05) is 0 Å². The van der Waals surface area contributed by atoms with Gasteiger partial charge in [0.25, 0.3) is 5.91 Å². The Balaban J connectivity index is 1.69. The Bertz CT molecular complexity index is 1010. The van der Waals surface area contributed by atoms with Gasteiger partial charge < -0.3 is 19.5 Å². The zero-order chi connectivity index (χ0) is 23.2. The Morgan fingerprint density at radius 1 is 1.24 bits per heavy atom. The van der Waals surface area contributed by atoms with Crippen molar-refractivity contribution in [3.63, 3.8) is 0 Å². The van der Waals surface area contributed by atoms with Gasteiger partial charge in [-0.3, -0.25) is 4.79 Å². The summed E-state index contributed by atoms with van der Waals surface area (Å²) >= 11 is 0. The van der Waals surface area contributed by atoms with E-state index in [1.54, 1.807) is 4.90 Å². The number of sulfonamides is 1. The fourth-order valence-corrected chi connectivity index (χ4v) is 5.38. The molecule has 2 atom stereocenters. The Labute approximate surface area is 175 Å². The zero-order valence-electron chi connectivity index (χ0n) is 19.3. The molecule has 0 aromatic heterocycles. The van der Waals surface area contributed by atoms with Gasteiger partial charge in [-0.1, -0.05) is 0 Å². The lowest BCUT2D eigenvalue weighted by Crippen LogP contribution is -2.50. The van der Waals surface area contributed by atoms with Crippen LogP contribution in [0.2, 0.25) is 0 Å². The molecule has 0 radical (unpaired) electrons. The molecular formula is C20H28N2O6S. The molecule has 1 saturated carbocycles. The summed E-state index contributed by atoms with van der Waals surface area (Å²) in [7, 11) is -3.47. The number of carbonyl (C=O) groups excluding carboxylic acids is 1. The minimum absolute atomic E-state index is 0.00340. The molecule has 5 rings (SSSR count). The van der Waals surface area contributed by atoms with Crippen molar-refractivity contribution in [1.29, 1.82) is 0 Å². The van der Waals surface area contributed by atoms with Gasteiger partial charge in [-0.2, -0.15) is 0 Å². The van der Waals surface area contributed by atoms with Crippen molar-refractivity contribution in [3.05, 3.63) is 23.7 Å². The topological polar surface area (TPSA) is 105 Å². The molecule has 2 N–H and O–H groups in total. The lowest BCUT2D eigenvalue weighted by Gasteiger charge is -2.32. The number of phenols is 1. The quantitative estimate of drug-likeness (QED) is 0.738. The van der Waals surface area contributed by atoms with Crippen molar-refractivity contribution in [3.8, 4) is 11.5 Å². The van der Waals surface area contributed by atoms with Gasteiger partial charge in [0.2, 0.25) is 10.0 Å². The van der Waals surface area contributed by atoms with Crippen LogP contribution in [0.1, 0.15) is 47.7 Å². The first-order valence-corrected chi connectivity index (χ1v) is 11.8. The number of ether oxygens (including phenoxy) is 2. The lowest BCUT2D eigenvalue weighted by molar-refractivity contribution is -0.136. The van der Waals surface area contributed by atoms with E-state index in [9.17, 15) is 18.3 Å². The molecule has 160 valence electrons. The standard InChI is InChI=1S/C20H28N2O6S/c1-29(25,26)21-17-8-9-22-18(17)11-27-15-5-2-13(3-6-15)16-10-14(23)4-7-19(16)28-12-20(22)24/h4,7,10,13,15,17-18,21,23H,2-3,5-6,8-9,11-12H2,1H3/t13?,15?,17-,18?/m0/s1/i4D,7D,10D. The molecule has 4 aliphatic rings. The minimum Gasteiger partial charge on any atom is -0.508 e. The van der Waals surface area contributed by atoms with Crippen LogP contribution in [0.4, 0.5) is 0 Å². The van der Waals surface area contributed by atoms with Crippen LogP contribution in [0.15, 0.2) is 18.1 Å². The Morgan fingerprint density at radius 2 is 2.00 bits per heavy atom. The molecule has 3 aliphatic heterocycles. The highest BCUT2D eigenvalue weighted by Crippen LogP contribution is 2.40. The third-order valence-electron chi connectivity index (χ3n) is 5.95. The van der Waals surface area contributed by atoms with Gasteiger partial charge in [-0.15, -0.1) is 0 Å². The molecule has 2 fully saturated rings. The Kier molecular flexibility index (Phi) is 4.73. The first-order chi connectivity index (χ1) is 15.1. The highest BCUT2D eigenvalue weighted by molar-refractivity contribution is 7.88. The van der Waals surface area contributed by atoms with Gasteiger partial charge in [0.1, 0.15) is 11.5 Å². The largest absolute Gasteiger partial charge is 0.508 e. The van der Waals surface area contributed by atoms with Crippen molar-refractivity contribution in [2.24, 2.45) is 0 Å². The normalized spacial score (nSPS) is 32.0. The van der Waals surface area contributed by atoms with Crippen LogP contribution in [0.5, 0.6) is 11.5 Å². The van der Waals surface area contributed by atoms with E-state index < -0.39 is 40.5 Å². The fraction of sp³-hybridized carbons (Fsp3) is 0.650. The van der Waals surface area contributed by atoms with E-state index in [0.29, 0.717) is 44.2 Å². The molecule has 0 spiro atoms. The highest BCUT2D eigenvalue weighted by Gasteiger charge is 2.39. The minimum atomic E-state index is -3.47. The third-order valence-corrected chi connectivity index (χ3v) is 6.68. The zero-order valence-corrected chi connectivity index (χ0v) is 17.1. The van der Waals surface area contributed by atoms with Gasteiger partial charge in [-0.25, -0.2) is 13.1 Å². The molecule has 2 bridgehead atoms. The van der Waals surface area contributed by atoms with Crippen LogP contribution in [0, 0.1) is 0 Å². The summed E-state index contributed by atoms with van der Waals surface area (Å²) in [4.78, 5) is 14.6. The summed E-state index contributed by atoms with van der Waals surface area (Å²) in [5.41, 5.74) is 0.364. The fourth-order valence-electron chi connectivity index (χ4n) is 4.55. The molecule has 3 heterocycles. The number of aromatic hydroxyl groups is 1. The van der Waals surface area contributed by atoms with Gasteiger partial charge in [0.05, 0.1) is 29.1 Å². The summed E-state index contributed by atoms with van der Waals surface area (Å²) < 4.78 is 62.6. The van der Waals surface area contributed by atoms with E-state index in [2.05, 4.69) is 4.72 Å². The van der Waals surface area contributed by atoms with E-state index in [1.165, 1.54) is 0 Å². The van der Waals surface area contributed by atoms with Crippen molar-refractivity contribution >= 4 is 15.9 Å². The molecular weight excluding hydrogens is 396 g/mol. The first-order valence-electron chi connectivity index (χ1n) is 11.4. The highest BCUT2D eigenvalue weighted by atomic mass is 32.2. The molecule has 1 unspecified atom stereocenters. The smallest absolute Gasteiger partial charge is 0.260 e. The summed E-state index contributed by atoms with van der Waals surface area (Å²) in [5.74, 6) is -1.10. The lowest BCUT2D eigenvalue weighted by atomic mass is 9.82. The third kappa shape index (κ3) is 4.67. The number of nitrogens with one attached hydrogen (secondary N) is 1. The van der Waals surface area contributed by atoms with E-state index in [4.69, 9.17) is 13.6 Å². The predicted octanol–water partition coefficient (Wildman–Crippen LogP) is 1.35.